The minimum atomic E-state index is -0.467. The van der Waals surface area contributed by atoms with E-state index in [0.29, 0.717) is 23.7 Å². The maximum atomic E-state index is 13.7. The van der Waals surface area contributed by atoms with E-state index in [1.54, 1.807) is 18.2 Å². The van der Waals surface area contributed by atoms with Crippen molar-refractivity contribution in [2.24, 2.45) is 5.73 Å². The zero-order valence-electron chi connectivity index (χ0n) is 10.1. The van der Waals surface area contributed by atoms with Crippen LogP contribution < -0.4 is 5.73 Å². The highest BCUT2D eigenvalue weighted by Crippen LogP contribution is 2.20. The molecule has 4 nitrogen and oxygen atoms in total. The molecule has 2 aromatic rings. The Bertz CT molecular complexity index is 585. The van der Waals surface area contributed by atoms with Crippen molar-refractivity contribution in [2.75, 3.05) is 0 Å². The van der Waals surface area contributed by atoms with Gasteiger partial charge in [0.1, 0.15) is 5.82 Å². The summed E-state index contributed by atoms with van der Waals surface area (Å²) in [5, 5.41) is 3.85. The van der Waals surface area contributed by atoms with Crippen molar-refractivity contribution >= 4 is 11.6 Å². The third-order valence-electron chi connectivity index (χ3n) is 2.60. The molecule has 0 spiro atoms. The zero-order valence-corrected chi connectivity index (χ0v) is 10.9. The summed E-state index contributed by atoms with van der Waals surface area (Å²) < 4.78 is 18.7. The van der Waals surface area contributed by atoms with Crippen molar-refractivity contribution in [3.63, 3.8) is 0 Å². The Labute approximate surface area is 115 Å². The number of hydrogen-bond donors (Lipinski definition) is 1. The fraction of sp³-hybridized carbons (Fsp3) is 0.231. The average Bonchev–Trinajstić information content (AvgIpc) is 2.84. The lowest BCUT2D eigenvalue weighted by Gasteiger charge is -2.01. The number of halogens is 2. The van der Waals surface area contributed by atoms with Crippen LogP contribution in [0.3, 0.4) is 0 Å². The first-order valence-corrected chi connectivity index (χ1v) is 6.11. The normalized spacial score (nSPS) is 12.4. The Morgan fingerprint density at radius 3 is 3.05 bits per heavy atom. The third kappa shape index (κ3) is 3.19. The molecule has 0 aliphatic rings. The van der Waals surface area contributed by atoms with Gasteiger partial charge < -0.3 is 10.3 Å². The summed E-state index contributed by atoms with van der Waals surface area (Å²) in [5.74, 6) is 0.221. The quantitative estimate of drug-likeness (QED) is 0.856. The molecular formula is C13H13ClFN3O. The van der Waals surface area contributed by atoms with E-state index in [1.165, 1.54) is 6.07 Å². The van der Waals surface area contributed by atoms with E-state index in [1.807, 2.05) is 0 Å². The summed E-state index contributed by atoms with van der Waals surface area (Å²) in [6.07, 6.45) is 2.41. The maximum absolute atomic E-state index is 13.7. The molecule has 0 aliphatic carbocycles. The summed E-state index contributed by atoms with van der Waals surface area (Å²) in [6, 6.07) is 4.40. The highest BCUT2D eigenvalue weighted by atomic mass is 35.5. The fourth-order valence-electron chi connectivity index (χ4n) is 1.63. The van der Waals surface area contributed by atoms with Crippen LogP contribution in [0.2, 0.25) is 5.02 Å². The lowest BCUT2D eigenvalue weighted by atomic mass is 10.1. The molecule has 2 N–H and O–H groups in total. The van der Waals surface area contributed by atoms with Crippen LogP contribution in [-0.2, 0) is 6.42 Å². The van der Waals surface area contributed by atoms with Crippen LogP contribution in [0.15, 0.2) is 35.4 Å². The number of rotatable bonds is 5. The Morgan fingerprint density at radius 1 is 1.53 bits per heavy atom. The van der Waals surface area contributed by atoms with E-state index in [0.717, 1.165) is 0 Å². The third-order valence-corrected chi connectivity index (χ3v) is 2.89. The largest absolute Gasteiger partial charge is 0.338 e. The Balaban J connectivity index is 2.16. The number of nitrogens with zero attached hydrogens (tertiary/aromatic N) is 2. The van der Waals surface area contributed by atoms with Gasteiger partial charge in [-0.05, 0) is 18.1 Å². The molecule has 0 radical (unpaired) electrons. The molecule has 0 saturated heterocycles. The van der Waals surface area contributed by atoms with E-state index >= 15 is 0 Å². The second-order valence-electron chi connectivity index (χ2n) is 4.07. The average molecular weight is 282 g/mol. The van der Waals surface area contributed by atoms with E-state index in [4.69, 9.17) is 21.9 Å². The second kappa shape index (κ2) is 5.95. The van der Waals surface area contributed by atoms with Crippen molar-refractivity contribution in [1.29, 1.82) is 0 Å². The molecular weight excluding hydrogens is 269 g/mol. The molecule has 19 heavy (non-hydrogen) atoms. The Kier molecular flexibility index (Phi) is 4.29. The van der Waals surface area contributed by atoms with Gasteiger partial charge in [0.15, 0.2) is 5.82 Å². The molecule has 0 fully saturated rings. The molecule has 100 valence electrons. The number of hydrogen-bond acceptors (Lipinski definition) is 4. The minimum absolute atomic E-state index is 0.0737. The standard InChI is InChI=1S/C13H13ClFN3O/c1-2-4-10(16)13-17-11(18-19-13)7-8-5-3-6-9(14)12(8)15/h2-3,5-6,10H,1,4,7,16H2. The van der Waals surface area contributed by atoms with Crippen LogP contribution in [0.25, 0.3) is 0 Å². The summed E-state index contributed by atoms with van der Waals surface area (Å²) in [4.78, 5) is 4.13. The number of benzene rings is 1. The van der Waals surface area contributed by atoms with Crippen molar-refractivity contribution < 1.29 is 8.91 Å². The maximum Gasteiger partial charge on any atom is 0.243 e. The molecule has 1 aromatic carbocycles. The monoisotopic (exact) mass is 281 g/mol. The summed E-state index contributed by atoms with van der Waals surface area (Å²) >= 11 is 5.71. The van der Waals surface area contributed by atoms with Crippen LogP contribution in [0, 0.1) is 5.82 Å². The molecule has 1 atom stereocenters. The van der Waals surface area contributed by atoms with Crippen LogP contribution >= 0.6 is 11.6 Å². The molecule has 1 heterocycles. The topological polar surface area (TPSA) is 64.9 Å². The second-order valence-corrected chi connectivity index (χ2v) is 4.48. The van der Waals surface area contributed by atoms with Gasteiger partial charge in [0.05, 0.1) is 11.1 Å². The van der Waals surface area contributed by atoms with Crippen molar-refractivity contribution in [1.82, 2.24) is 10.1 Å². The van der Waals surface area contributed by atoms with Crippen LogP contribution in [-0.4, -0.2) is 10.1 Å². The molecule has 2 rings (SSSR count). The molecule has 1 unspecified atom stereocenters. The predicted molar refractivity (Wildman–Crippen MR) is 70.3 cm³/mol. The van der Waals surface area contributed by atoms with Gasteiger partial charge in [0.2, 0.25) is 5.89 Å². The lowest BCUT2D eigenvalue weighted by molar-refractivity contribution is 0.352. The minimum Gasteiger partial charge on any atom is -0.338 e. The van der Waals surface area contributed by atoms with Crippen molar-refractivity contribution in [3.8, 4) is 0 Å². The zero-order chi connectivity index (χ0) is 13.8. The fourth-order valence-corrected chi connectivity index (χ4v) is 1.82. The van der Waals surface area contributed by atoms with Gasteiger partial charge >= 0.3 is 0 Å². The highest BCUT2D eigenvalue weighted by molar-refractivity contribution is 6.30. The van der Waals surface area contributed by atoms with Gasteiger partial charge in [-0.2, -0.15) is 4.98 Å². The molecule has 6 heteroatoms. The molecule has 1 aromatic heterocycles. The smallest absolute Gasteiger partial charge is 0.243 e. The Morgan fingerprint density at radius 2 is 2.32 bits per heavy atom. The van der Waals surface area contributed by atoms with E-state index in [2.05, 4.69) is 16.7 Å². The van der Waals surface area contributed by atoms with Gasteiger partial charge in [-0.1, -0.05) is 35.0 Å². The van der Waals surface area contributed by atoms with Crippen molar-refractivity contribution in [3.05, 3.63) is 59.0 Å². The van der Waals surface area contributed by atoms with Gasteiger partial charge in [0, 0.05) is 6.42 Å². The van der Waals surface area contributed by atoms with Crippen molar-refractivity contribution in [2.45, 2.75) is 18.9 Å². The number of nitrogens with two attached hydrogens (primary N) is 1. The van der Waals surface area contributed by atoms with Gasteiger partial charge in [-0.25, -0.2) is 4.39 Å². The summed E-state index contributed by atoms with van der Waals surface area (Å²) in [7, 11) is 0. The van der Waals surface area contributed by atoms with Crippen LogP contribution in [0.4, 0.5) is 4.39 Å². The predicted octanol–water partition coefficient (Wildman–Crippen LogP) is 3.03. The highest BCUT2D eigenvalue weighted by Gasteiger charge is 2.15. The first kappa shape index (κ1) is 13.7. The summed E-state index contributed by atoms with van der Waals surface area (Å²) in [6.45, 7) is 3.59. The molecule has 0 bridgehead atoms. The van der Waals surface area contributed by atoms with Crippen LogP contribution in [0.1, 0.15) is 29.7 Å². The van der Waals surface area contributed by atoms with Crippen LogP contribution in [0.5, 0.6) is 0 Å². The molecule has 0 amide bonds. The van der Waals surface area contributed by atoms with E-state index < -0.39 is 5.82 Å². The van der Waals surface area contributed by atoms with E-state index in [9.17, 15) is 4.39 Å². The first-order valence-electron chi connectivity index (χ1n) is 5.73. The SMILES string of the molecule is C=CCC(N)c1nc(Cc2cccc(Cl)c2F)no1. The number of aromatic nitrogens is 2. The van der Waals surface area contributed by atoms with E-state index in [-0.39, 0.29) is 17.5 Å². The van der Waals surface area contributed by atoms with Gasteiger partial charge in [0.25, 0.3) is 0 Å². The first-order chi connectivity index (χ1) is 9.11. The molecule has 0 aliphatic heterocycles. The summed E-state index contributed by atoms with van der Waals surface area (Å²) in [5.41, 5.74) is 6.22. The van der Waals surface area contributed by atoms with Gasteiger partial charge in [-0.3, -0.25) is 0 Å². The van der Waals surface area contributed by atoms with Gasteiger partial charge in [-0.15, -0.1) is 6.58 Å². The molecule has 0 saturated carbocycles. The Hall–Kier alpha value is -1.72. The lowest BCUT2D eigenvalue weighted by Crippen LogP contribution is -2.09.